The van der Waals surface area contributed by atoms with Gasteiger partial charge in [-0.05, 0) is 43.2 Å². The van der Waals surface area contributed by atoms with E-state index in [0.717, 1.165) is 15.4 Å². The second kappa shape index (κ2) is 7.37. The molecule has 0 N–H and O–H groups in total. The van der Waals surface area contributed by atoms with Crippen LogP contribution in [0.2, 0.25) is 0 Å². The van der Waals surface area contributed by atoms with E-state index in [-0.39, 0.29) is 11.4 Å². The Kier molecular flexibility index (Phi) is 5.27. The Balaban J connectivity index is 2.38. The molecule has 0 atom stereocenters. The Morgan fingerprint density at radius 3 is 2.18 bits per heavy atom. The summed E-state index contributed by atoms with van der Waals surface area (Å²) in [5, 5.41) is 0. The van der Waals surface area contributed by atoms with Gasteiger partial charge < -0.3 is 4.57 Å². The Labute approximate surface area is 163 Å². The molecule has 0 fully saturated rings. The van der Waals surface area contributed by atoms with Gasteiger partial charge >= 0.3 is 11.1 Å². The Morgan fingerprint density at radius 2 is 1.57 bits per heavy atom. The van der Waals surface area contributed by atoms with Crippen LogP contribution in [-0.4, -0.2) is 36.0 Å². The standard InChI is InChI=1S/C20H23N3O4S/c1-5-22-17-11-10-16(28(26,27)21(3)4)12-18(17)23(20(25)19(22)24)13-15-9-7-6-8-14(15)2/h6-12H,5,13H2,1-4H3. The molecule has 0 aliphatic rings. The maximum absolute atomic E-state index is 12.8. The fraction of sp³-hybridized carbons (Fsp3) is 0.300. The van der Waals surface area contributed by atoms with E-state index in [1.165, 1.54) is 35.4 Å². The topological polar surface area (TPSA) is 81.4 Å². The third-order valence-electron chi connectivity index (χ3n) is 4.89. The summed E-state index contributed by atoms with van der Waals surface area (Å²) >= 11 is 0. The number of fused-ring (bicyclic) bond motifs is 1. The Bertz CT molecular complexity index is 1270. The molecule has 1 heterocycles. The van der Waals surface area contributed by atoms with Crippen LogP contribution in [0.15, 0.2) is 56.9 Å². The van der Waals surface area contributed by atoms with E-state index in [0.29, 0.717) is 17.6 Å². The lowest BCUT2D eigenvalue weighted by atomic mass is 10.1. The van der Waals surface area contributed by atoms with Crippen molar-refractivity contribution in [1.29, 1.82) is 0 Å². The summed E-state index contributed by atoms with van der Waals surface area (Å²) in [5.74, 6) is 0. The molecule has 0 unspecified atom stereocenters. The number of nitrogens with zero attached hydrogens (tertiary/aromatic N) is 3. The van der Waals surface area contributed by atoms with Crippen molar-refractivity contribution in [2.75, 3.05) is 14.1 Å². The van der Waals surface area contributed by atoms with Crippen molar-refractivity contribution in [1.82, 2.24) is 13.4 Å². The summed E-state index contributed by atoms with van der Waals surface area (Å²) < 4.78 is 29.0. The summed E-state index contributed by atoms with van der Waals surface area (Å²) in [6.45, 7) is 4.21. The molecule has 1 aromatic heterocycles. The van der Waals surface area contributed by atoms with Gasteiger partial charge in [0.05, 0.1) is 22.5 Å². The summed E-state index contributed by atoms with van der Waals surface area (Å²) in [5.41, 5.74) is 1.53. The highest BCUT2D eigenvalue weighted by Gasteiger charge is 2.20. The predicted molar refractivity (Wildman–Crippen MR) is 109 cm³/mol. The van der Waals surface area contributed by atoms with Gasteiger partial charge in [0.2, 0.25) is 10.0 Å². The van der Waals surface area contributed by atoms with Crippen LogP contribution in [0, 0.1) is 6.92 Å². The maximum Gasteiger partial charge on any atom is 0.317 e. The molecule has 28 heavy (non-hydrogen) atoms. The average molecular weight is 401 g/mol. The summed E-state index contributed by atoms with van der Waals surface area (Å²) in [4.78, 5) is 25.5. The third kappa shape index (κ3) is 3.29. The first-order valence-corrected chi connectivity index (χ1v) is 10.4. The molecule has 0 radical (unpaired) electrons. The minimum Gasteiger partial charge on any atom is -0.302 e. The molecule has 3 rings (SSSR count). The van der Waals surface area contributed by atoms with Crippen LogP contribution < -0.4 is 11.1 Å². The highest BCUT2D eigenvalue weighted by Crippen LogP contribution is 2.21. The number of sulfonamides is 1. The second-order valence-electron chi connectivity index (χ2n) is 6.81. The fourth-order valence-electron chi connectivity index (χ4n) is 3.20. The lowest BCUT2D eigenvalue weighted by molar-refractivity contribution is 0.521. The smallest absolute Gasteiger partial charge is 0.302 e. The van der Waals surface area contributed by atoms with Gasteiger partial charge in [0.15, 0.2) is 0 Å². The van der Waals surface area contributed by atoms with Gasteiger partial charge in [0.1, 0.15) is 0 Å². The molecule has 3 aromatic rings. The van der Waals surface area contributed by atoms with Crippen LogP contribution in [0.3, 0.4) is 0 Å². The highest BCUT2D eigenvalue weighted by molar-refractivity contribution is 7.89. The number of rotatable bonds is 5. The van der Waals surface area contributed by atoms with Gasteiger partial charge in [-0.15, -0.1) is 0 Å². The zero-order valence-corrected chi connectivity index (χ0v) is 17.2. The molecule has 148 valence electrons. The molecule has 8 heteroatoms. The van der Waals surface area contributed by atoms with Crippen LogP contribution in [0.25, 0.3) is 11.0 Å². The van der Waals surface area contributed by atoms with E-state index in [4.69, 9.17) is 0 Å². The Morgan fingerprint density at radius 1 is 0.929 bits per heavy atom. The minimum atomic E-state index is -3.68. The Hall–Kier alpha value is -2.71. The number of aryl methyl sites for hydroxylation is 2. The van der Waals surface area contributed by atoms with Crippen LogP contribution in [-0.2, 0) is 23.1 Å². The van der Waals surface area contributed by atoms with Crippen LogP contribution in [0.1, 0.15) is 18.1 Å². The summed E-state index contributed by atoms with van der Waals surface area (Å²) in [6, 6.07) is 12.1. The van der Waals surface area contributed by atoms with Crippen LogP contribution >= 0.6 is 0 Å². The second-order valence-corrected chi connectivity index (χ2v) is 8.96. The highest BCUT2D eigenvalue weighted by atomic mass is 32.2. The third-order valence-corrected chi connectivity index (χ3v) is 6.70. The minimum absolute atomic E-state index is 0.0734. The molecule has 0 saturated heterocycles. The van der Waals surface area contributed by atoms with E-state index < -0.39 is 21.1 Å². The lowest BCUT2D eigenvalue weighted by Crippen LogP contribution is -2.41. The molecule has 2 aromatic carbocycles. The van der Waals surface area contributed by atoms with Crippen molar-refractivity contribution in [3.63, 3.8) is 0 Å². The molecule has 0 aliphatic heterocycles. The molecule has 0 bridgehead atoms. The number of aromatic nitrogens is 2. The van der Waals surface area contributed by atoms with Gasteiger partial charge in [-0.2, -0.15) is 0 Å². The van der Waals surface area contributed by atoms with E-state index in [9.17, 15) is 18.0 Å². The van der Waals surface area contributed by atoms with Gasteiger partial charge in [-0.1, -0.05) is 24.3 Å². The summed E-state index contributed by atoms with van der Waals surface area (Å²) in [7, 11) is -0.776. The zero-order valence-electron chi connectivity index (χ0n) is 16.3. The van der Waals surface area contributed by atoms with Crippen molar-refractivity contribution in [2.24, 2.45) is 0 Å². The quantitative estimate of drug-likeness (QED) is 0.611. The molecule has 0 saturated carbocycles. The lowest BCUT2D eigenvalue weighted by Gasteiger charge is -2.17. The van der Waals surface area contributed by atoms with Gasteiger partial charge in [0, 0.05) is 20.6 Å². The molecular weight excluding hydrogens is 378 g/mol. The largest absolute Gasteiger partial charge is 0.317 e. The fourth-order valence-corrected chi connectivity index (χ4v) is 4.12. The monoisotopic (exact) mass is 401 g/mol. The SMILES string of the molecule is CCn1c(=O)c(=O)n(Cc2ccccc2C)c2cc(S(=O)(=O)N(C)C)ccc21. The van der Waals surface area contributed by atoms with Crippen molar-refractivity contribution >= 4 is 21.1 Å². The summed E-state index contributed by atoms with van der Waals surface area (Å²) in [6.07, 6.45) is 0. The average Bonchev–Trinajstić information content (AvgIpc) is 2.66. The number of benzene rings is 2. The van der Waals surface area contributed by atoms with E-state index in [1.54, 1.807) is 13.0 Å². The van der Waals surface area contributed by atoms with Gasteiger partial charge in [0.25, 0.3) is 0 Å². The van der Waals surface area contributed by atoms with Gasteiger partial charge in [-0.3, -0.25) is 14.2 Å². The van der Waals surface area contributed by atoms with Crippen molar-refractivity contribution in [3.8, 4) is 0 Å². The van der Waals surface area contributed by atoms with Crippen LogP contribution in [0.5, 0.6) is 0 Å². The maximum atomic E-state index is 12.8. The van der Waals surface area contributed by atoms with Crippen molar-refractivity contribution < 1.29 is 8.42 Å². The zero-order chi connectivity index (χ0) is 20.6. The molecule has 0 aliphatic carbocycles. The molecule has 0 spiro atoms. The van der Waals surface area contributed by atoms with E-state index in [1.807, 2.05) is 31.2 Å². The normalized spacial score (nSPS) is 12.0. The molecule has 7 nitrogen and oxygen atoms in total. The molecular formula is C20H23N3O4S. The van der Waals surface area contributed by atoms with E-state index >= 15 is 0 Å². The molecule has 0 amide bonds. The van der Waals surface area contributed by atoms with E-state index in [2.05, 4.69) is 0 Å². The first-order valence-electron chi connectivity index (χ1n) is 8.93. The number of hydrogen-bond acceptors (Lipinski definition) is 4. The van der Waals surface area contributed by atoms with Crippen molar-refractivity contribution in [2.45, 2.75) is 31.8 Å². The number of hydrogen-bond donors (Lipinski definition) is 0. The first kappa shape index (κ1) is 20.0. The van der Waals surface area contributed by atoms with Crippen molar-refractivity contribution in [3.05, 3.63) is 74.3 Å². The van der Waals surface area contributed by atoms with Gasteiger partial charge in [-0.25, -0.2) is 12.7 Å². The predicted octanol–water partition coefficient (Wildman–Crippen LogP) is 1.79. The first-order chi connectivity index (χ1) is 13.2. The van der Waals surface area contributed by atoms with Crippen LogP contribution in [0.4, 0.5) is 0 Å².